The molecule has 3 rings (SSSR count). The lowest BCUT2D eigenvalue weighted by Crippen LogP contribution is -2.19. The van der Waals surface area contributed by atoms with E-state index < -0.39 is 18.7 Å². The quantitative estimate of drug-likeness (QED) is 0.591. The summed E-state index contributed by atoms with van der Waals surface area (Å²) in [4.78, 5) is 12.5. The number of para-hydroxylation sites is 1. The van der Waals surface area contributed by atoms with Crippen LogP contribution in [0.1, 0.15) is 21.7 Å². The van der Waals surface area contributed by atoms with Crippen molar-refractivity contribution < 1.29 is 31.9 Å². The molecule has 0 saturated heterocycles. The third-order valence-electron chi connectivity index (χ3n) is 3.84. The molecular weight excluding hydrogens is 401 g/mol. The zero-order valence-electron chi connectivity index (χ0n) is 15.4. The Morgan fingerprint density at radius 1 is 1.10 bits per heavy atom. The number of rotatable bonds is 7. The lowest BCUT2D eigenvalue weighted by atomic mass is 10.2. The molecule has 30 heavy (non-hydrogen) atoms. The van der Waals surface area contributed by atoms with Crippen molar-refractivity contribution in [1.82, 2.24) is 0 Å². The molecule has 154 valence electrons. The summed E-state index contributed by atoms with van der Waals surface area (Å²) >= 11 is 0. The average molecular weight is 416 g/mol. The van der Waals surface area contributed by atoms with Crippen LogP contribution in [0.15, 0.2) is 65.3 Å². The van der Waals surface area contributed by atoms with Crippen LogP contribution in [0, 0.1) is 11.3 Å². The SMILES string of the molecule is N#Cc1cc(NC(=O)c2occc2COc2ccccc2)ccc1OCC(F)(F)F. The zero-order valence-corrected chi connectivity index (χ0v) is 15.4. The molecule has 0 atom stereocenters. The first kappa shape index (κ1) is 20.8. The van der Waals surface area contributed by atoms with E-state index in [2.05, 4.69) is 10.1 Å². The Morgan fingerprint density at radius 3 is 2.57 bits per heavy atom. The number of benzene rings is 2. The number of carbonyl (C=O) groups is 1. The molecule has 1 aromatic heterocycles. The molecule has 0 aliphatic carbocycles. The van der Waals surface area contributed by atoms with Gasteiger partial charge in [-0.1, -0.05) is 18.2 Å². The maximum Gasteiger partial charge on any atom is 0.422 e. The van der Waals surface area contributed by atoms with E-state index in [0.29, 0.717) is 11.3 Å². The second kappa shape index (κ2) is 9.05. The third-order valence-corrected chi connectivity index (χ3v) is 3.84. The van der Waals surface area contributed by atoms with E-state index in [-0.39, 0.29) is 29.4 Å². The number of anilines is 1. The van der Waals surface area contributed by atoms with Crippen molar-refractivity contribution in [2.24, 2.45) is 0 Å². The summed E-state index contributed by atoms with van der Waals surface area (Å²) in [7, 11) is 0. The van der Waals surface area contributed by atoms with Crippen molar-refractivity contribution >= 4 is 11.6 Å². The smallest absolute Gasteiger partial charge is 0.422 e. The van der Waals surface area contributed by atoms with Crippen LogP contribution in [-0.4, -0.2) is 18.7 Å². The van der Waals surface area contributed by atoms with Crippen molar-refractivity contribution in [1.29, 1.82) is 5.26 Å². The van der Waals surface area contributed by atoms with Crippen LogP contribution in [0.4, 0.5) is 18.9 Å². The molecule has 0 saturated carbocycles. The molecule has 0 aliphatic heterocycles. The van der Waals surface area contributed by atoms with Gasteiger partial charge in [0.15, 0.2) is 12.4 Å². The molecule has 2 aromatic carbocycles. The molecule has 1 heterocycles. The molecular formula is C21H15F3N2O4. The van der Waals surface area contributed by atoms with E-state index in [1.807, 2.05) is 18.2 Å². The van der Waals surface area contributed by atoms with Gasteiger partial charge in [0.2, 0.25) is 0 Å². The zero-order chi connectivity index (χ0) is 21.6. The minimum Gasteiger partial charge on any atom is -0.489 e. The molecule has 0 unspecified atom stereocenters. The number of hydrogen-bond donors (Lipinski definition) is 1. The van der Waals surface area contributed by atoms with Crippen molar-refractivity contribution in [3.8, 4) is 17.6 Å². The molecule has 0 bridgehead atoms. The molecule has 0 fully saturated rings. The summed E-state index contributed by atoms with van der Waals surface area (Å²) in [6, 6.07) is 16.1. The number of hydrogen-bond acceptors (Lipinski definition) is 5. The predicted molar refractivity (Wildman–Crippen MR) is 100 cm³/mol. The van der Waals surface area contributed by atoms with Gasteiger partial charge in [0.25, 0.3) is 5.91 Å². The summed E-state index contributed by atoms with van der Waals surface area (Å²) in [5, 5.41) is 11.7. The molecule has 6 nitrogen and oxygen atoms in total. The lowest BCUT2D eigenvalue weighted by Gasteiger charge is -2.12. The first-order chi connectivity index (χ1) is 14.4. The van der Waals surface area contributed by atoms with Gasteiger partial charge in [-0.2, -0.15) is 18.4 Å². The second-order valence-electron chi connectivity index (χ2n) is 6.06. The fraction of sp³-hybridized carbons (Fsp3) is 0.143. The number of alkyl halides is 3. The van der Waals surface area contributed by atoms with Crippen LogP contribution in [-0.2, 0) is 6.61 Å². The molecule has 0 aliphatic rings. The molecule has 0 spiro atoms. The van der Waals surface area contributed by atoms with E-state index in [1.165, 1.54) is 24.5 Å². The number of ether oxygens (including phenoxy) is 2. The first-order valence-corrected chi connectivity index (χ1v) is 8.65. The fourth-order valence-electron chi connectivity index (χ4n) is 2.49. The van der Waals surface area contributed by atoms with E-state index >= 15 is 0 Å². The normalized spacial score (nSPS) is 10.9. The van der Waals surface area contributed by atoms with Crippen LogP contribution in [0.3, 0.4) is 0 Å². The summed E-state index contributed by atoms with van der Waals surface area (Å²) in [5.74, 6) is -0.192. The molecule has 1 amide bonds. The van der Waals surface area contributed by atoms with E-state index in [9.17, 15) is 18.0 Å². The largest absolute Gasteiger partial charge is 0.489 e. The summed E-state index contributed by atoms with van der Waals surface area (Å²) < 4.78 is 52.4. The number of nitrogens with zero attached hydrogens (tertiary/aromatic N) is 1. The van der Waals surface area contributed by atoms with Crippen LogP contribution < -0.4 is 14.8 Å². The molecule has 0 radical (unpaired) electrons. The number of amides is 1. The van der Waals surface area contributed by atoms with Gasteiger partial charge in [-0.25, -0.2) is 0 Å². The van der Waals surface area contributed by atoms with E-state index in [4.69, 9.17) is 14.4 Å². The Morgan fingerprint density at radius 2 is 1.87 bits per heavy atom. The van der Waals surface area contributed by atoms with E-state index in [1.54, 1.807) is 24.3 Å². The van der Waals surface area contributed by atoms with Gasteiger partial charge in [-0.15, -0.1) is 0 Å². The Hall–Kier alpha value is -3.93. The number of furan rings is 1. The highest BCUT2D eigenvalue weighted by atomic mass is 19.4. The first-order valence-electron chi connectivity index (χ1n) is 8.65. The maximum atomic E-state index is 12.5. The Labute approximate surface area is 169 Å². The highest BCUT2D eigenvalue weighted by Gasteiger charge is 2.29. The highest BCUT2D eigenvalue weighted by molar-refractivity contribution is 6.03. The number of halogens is 3. The predicted octanol–water partition coefficient (Wildman–Crippen LogP) is 4.92. The molecule has 3 aromatic rings. The fourth-order valence-corrected chi connectivity index (χ4v) is 2.49. The van der Waals surface area contributed by atoms with E-state index in [0.717, 1.165) is 0 Å². The van der Waals surface area contributed by atoms with Gasteiger partial charge in [-0.05, 0) is 36.4 Å². The van der Waals surface area contributed by atoms with Gasteiger partial charge >= 0.3 is 6.18 Å². The van der Waals surface area contributed by atoms with Crippen LogP contribution in [0.25, 0.3) is 0 Å². The van der Waals surface area contributed by atoms with Crippen LogP contribution in [0.2, 0.25) is 0 Å². The van der Waals surface area contributed by atoms with Gasteiger partial charge in [0.05, 0.1) is 11.8 Å². The minimum absolute atomic E-state index is 0.0156. The number of nitriles is 1. The Kier molecular flexibility index (Phi) is 6.27. The van der Waals surface area contributed by atoms with Crippen molar-refractivity contribution in [2.45, 2.75) is 12.8 Å². The number of carbonyl (C=O) groups excluding carboxylic acids is 1. The Bertz CT molecular complexity index is 1060. The van der Waals surface area contributed by atoms with Crippen molar-refractivity contribution in [3.63, 3.8) is 0 Å². The average Bonchev–Trinajstić information content (AvgIpc) is 3.20. The minimum atomic E-state index is -4.53. The second-order valence-corrected chi connectivity index (χ2v) is 6.06. The Balaban J connectivity index is 1.68. The van der Waals surface area contributed by atoms with Gasteiger partial charge < -0.3 is 19.2 Å². The maximum absolute atomic E-state index is 12.5. The lowest BCUT2D eigenvalue weighted by molar-refractivity contribution is -0.153. The van der Waals surface area contributed by atoms with Gasteiger partial charge in [-0.3, -0.25) is 4.79 Å². The summed E-state index contributed by atoms with van der Waals surface area (Å²) in [6.07, 6.45) is -3.19. The highest BCUT2D eigenvalue weighted by Crippen LogP contribution is 2.25. The number of nitrogens with one attached hydrogen (secondary N) is 1. The third kappa shape index (κ3) is 5.54. The van der Waals surface area contributed by atoms with Crippen molar-refractivity contribution in [2.75, 3.05) is 11.9 Å². The standard InChI is InChI=1S/C21H15F3N2O4/c22-21(23,24)13-30-18-7-6-16(10-15(18)11-25)26-20(27)19-14(8-9-28-19)12-29-17-4-2-1-3-5-17/h1-10H,12-13H2,(H,26,27). The van der Waals surface area contributed by atoms with Crippen LogP contribution >= 0.6 is 0 Å². The molecule has 9 heteroatoms. The summed E-state index contributed by atoms with van der Waals surface area (Å²) in [6.45, 7) is -1.43. The van der Waals surface area contributed by atoms with Gasteiger partial charge in [0, 0.05) is 11.3 Å². The van der Waals surface area contributed by atoms with Gasteiger partial charge in [0.1, 0.15) is 24.2 Å². The van der Waals surface area contributed by atoms with Crippen LogP contribution in [0.5, 0.6) is 11.5 Å². The summed E-state index contributed by atoms with van der Waals surface area (Å²) in [5.41, 5.74) is 0.549. The van der Waals surface area contributed by atoms with Crippen molar-refractivity contribution in [3.05, 3.63) is 77.7 Å². The molecule has 1 N–H and O–H groups in total. The topological polar surface area (TPSA) is 84.5 Å². The monoisotopic (exact) mass is 416 g/mol.